The molecular weight excluding hydrogens is 521 g/mol. The number of nitrogens with zero attached hydrogens (tertiary/aromatic N) is 4. The number of carbonyl (C=O) groups is 1. The number of hydrogen-bond donors (Lipinski definition) is 1. The van der Waals surface area contributed by atoms with Gasteiger partial charge in [-0.25, -0.2) is 0 Å². The number of aromatic nitrogens is 2. The summed E-state index contributed by atoms with van der Waals surface area (Å²) in [5.74, 6) is 0.410. The fourth-order valence-electron chi connectivity index (χ4n) is 4.40. The van der Waals surface area contributed by atoms with Gasteiger partial charge in [0.05, 0.1) is 27.6 Å². The van der Waals surface area contributed by atoms with E-state index in [0.29, 0.717) is 45.6 Å². The van der Waals surface area contributed by atoms with E-state index in [1.807, 2.05) is 18.2 Å². The maximum atomic E-state index is 13.2. The molecule has 10 heteroatoms. The van der Waals surface area contributed by atoms with Crippen LogP contribution in [0.2, 0.25) is 10.0 Å². The third-order valence-electron chi connectivity index (χ3n) is 5.98. The van der Waals surface area contributed by atoms with Gasteiger partial charge in [0.1, 0.15) is 5.82 Å². The molecule has 0 saturated carbocycles. The number of rotatable bonds is 5. The van der Waals surface area contributed by atoms with Crippen LogP contribution in [0.1, 0.15) is 36.3 Å². The topological polar surface area (TPSA) is 95.9 Å². The Hall–Kier alpha value is -2.83. The van der Waals surface area contributed by atoms with Crippen molar-refractivity contribution in [2.24, 2.45) is 5.73 Å². The highest BCUT2D eigenvalue weighted by molar-refractivity contribution is 8.00. The monoisotopic (exact) mass is 539 g/mol. The van der Waals surface area contributed by atoms with E-state index in [9.17, 15) is 10.1 Å². The van der Waals surface area contributed by atoms with Crippen molar-refractivity contribution in [2.75, 3.05) is 4.90 Å². The highest BCUT2D eigenvalue weighted by Gasteiger charge is 2.41. The molecule has 1 aliphatic carbocycles. The van der Waals surface area contributed by atoms with Crippen LogP contribution in [-0.4, -0.2) is 16.0 Å². The van der Waals surface area contributed by atoms with Crippen LogP contribution < -0.4 is 10.6 Å². The molecule has 2 aliphatic rings. The van der Waals surface area contributed by atoms with Crippen molar-refractivity contribution in [3.63, 3.8) is 0 Å². The summed E-state index contributed by atoms with van der Waals surface area (Å²) >= 11 is 15.4. The van der Waals surface area contributed by atoms with E-state index in [2.05, 4.69) is 28.4 Å². The van der Waals surface area contributed by atoms with Crippen LogP contribution in [0, 0.1) is 11.3 Å². The minimum Gasteiger partial charge on any atom is -0.384 e. The highest BCUT2D eigenvalue weighted by Crippen LogP contribution is 2.47. The van der Waals surface area contributed by atoms with E-state index in [1.165, 1.54) is 16.9 Å². The number of halogens is 2. The Morgan fingerprint density at radius 3 is 2.69 bits per heavy atom. The quantitative estimate of drug-likeness (QED) is 0.372. The maximum Gasteiger partial charge on any atom is 0.219 e. The van der Waals surface area contributed by atoms with Gasteiger partial charge in [-0.05, 0) is 36.1 Å². The molecule has 2 aromatic carbocycles. The molecule has 1 atom stereocenters. The third-order valence-corrected chi connectivity index (χ3v) is 8.83. The second kappa shape index (κ2) is 10.0. The largest absolute Gasteiger partial charge is 0.384 e. The van der Waals surface area contributed by atoms with Gasteiger partial charge in [-0.3, -0.25) is 9.69 Å². The van der Waals surface area contributed by atoms with Gasteiger partial charge in [-0.1, -0.05) is 82.7 Å². The molecule has 1 aliphatic heterocycles. The summed E-state index contributed by atoms with van der Waals surface area (Å²) in [6.07, 6.45) is 1.76. The lowest BCUT2D eigenvalue weighted by Gasteiger charge is -2.38. The number of ketones is 1. The first-order valence-corrected chi connectivity index (χ1v) is 13.4. The molecule has 176 valence electrons. The van der Waals surface area contributed by atoms with Crippen molar-refractivity contribution >= 4 is 57.2 Å². The minimum atomic E-state index is -0.603. The van der Waals surface area contributed by atoms with Crippen LogP contribution in [-0.2, 0) is 10.5 Å². The van der Waals surface area contributed by atoms with Crippen LogP contribution in [0.25, 0.3) is 0 Å². The van der Waals surface area contributed by atoms with Crippen LogP contribution in [0.15, 0.2) is 75.5 Å². The minimum absolute atomic E-state index is 0.00392. The van der Waals surface area contributed by atoms with Gasteiger partial charge in [0, 0.05) is 23.4 Å². The fraction of sp³-hybridized carbons (Fsp3) is 0.200. The lowest BCUT2D eigenvalue weighted by atomic mass is 9.76. The summed E-state index contributed by atoms with van der Waals surface area (Å²) in [5, 5.41) is 20.1. The third kappa shape index (κ3) is 4.57. The van der Waals surface area contributed by atoms with Gasteiger partial charge in [-0.15, -0.1) is 10.2 Å². The van der Waals surface area contributed by atoms with Crippen LogP contribution >= 0.6 is 46.3 Å². The lowest BCUT2D eigenvalue weighted by molar-refractivity contribution is -0.116. The van der Waals surface area contributed by atoms with E-state index >= 15 is 0 Å². The van der Waals surface area contributed by atoms with E-state index in [-0.39, 0.29) is 17.2 Å². The van der Waals surface area contributed by atoms with Crippen molar-refractivity contribution in [3.8, 4) is 6.07 Å². The Kier molecular flexibility index (Phi) is 6.85. The van der Waals surface area contributed by atoms with Gasteiger partial charge in [0.2, 0.25) is 5.13 Å². The Labute approximate surface area is 221 Å². The van der Waals surface area contributed by atoms with Gasteiger partial charge in [0.25, 0.3) is 0 Å². The van der Waals surface area contributed by atoms with Gasteiger partial charge in [0.15, 0.2) is 10.1 Å². The zero-order chi connectivity index (χ0) is 24.5. The van der Waals surface area contributed by atoms with Gasteiger partial charge < -0.3 is 5.73 Å². The summed E-state index contributed by atoms with van der Waals surface area (Å²) in [4.78, 5) is 15.0. The molecule has 0 saturated heterocycles. The molecule has 1 aromatic heterocycles. The Morgan fingerprint density at radius 1 is 1.14 bits per heavy atom. The summed E-state index contributed by atoms with van der Waals surface area (Å²) in [6.45, 7) is 0. The molecular formula is C25H19Cl2N5OS2. The van der Waals surface area contributed by atoms with Crippen molar-refractivity contribution in [2.45, 2.75) is 35.3 Å². The molecule has 6 nitrogen and oxygen atoms in total. The highest BCUT2D eigenvalue weighted by atomic mass is 35.5. The van der Waals surface area contributed by atoms with Crippen molar-refractivity contribution in [1.82, 2.24) is 10.2 Å². The number of anilines is 1. The Morgan fingerprint density at radius 2 is 1.94 bits per heavy atom. The Bertz CT molecular complexity index is 1410. The number of thioether (sulfide) groups is 1. The summed E-state index contributed by atoms with van der Waals surface area (Å²) < 4.78 is 0.783. The average molecular weight is 541 g/mol. The zero-order valence-electron chi connectivity index (χ0n) is 18.4. The maximum absolute atomic E-state index is 13.2. The molecule has 2 heterocycles. The predicted molar refractivity (Wildman–Crippen MR) is 140 cm³/mol. The molecule has 0 bridgehead atoms. The van der Waals surface area contributed by atoms with E-state index in [1.54, 1.807) is 34.9 Å². The first-order chi connectivity index (χ1) is 17.0. The molecule has 0 radical (unpaired) electrons. The Balaban J connectivity index is 1.55. The number of Topliss-reactive ketones (excluding diaryl/α,β-unsaturated/α-hetero) is 1. The first kappa shape index (κ1) is 23.9. The van der Waals surface area contributed by atoms with E-state index in [4.69, 9.17) is 28.9 Å². The van der Waals surface area contributed by atoms with Gasteiger partial charge in [-0.2, -0.15) is 5.26 Å². The molecule has 3 aromatic rings. The normalized spacial score (nSPS) is 18.0. The SMILES string of the molecule is N#CC1=C(N)N(c2nnc(SCc3ccccc3)s2)C2=C(C(=O)CCC2)C1c1ccc(Cl)c(Cl)c1. The zero-order valence-corrected chi connectivity index (χ0v) is 21.5. The molecule has 0 fully saturated rings. The van der Waals surface area contributed by atoms with Crippen LogP contribution in [0.3, 0.4) is 0 Å². The van der Waals surface area contributed by atoms with Crippen molar-refractivity contribution in [3.05, 3.63) is 92.4 Å². The molecule has 0 spiro atoms. The molecule has 1 unspecified atom stereocenters. The predicted octanol–water partition coefficient (Wildman–Crippen LogP) is 6.44. The molecule has 0 amide bonds. The lowest BCUT2D eigenvalue weighted by Crippen LogP contribution is -2.38. The fourth-order valence-corrected chi connectivity index (χ4v) is 6.54. The summed E-state index contributed by atoms with van der Waals surface area (Å²) in [7, 11) is 0. The van der Waals surface area contributed by atoms with Crippen molar-refractivity contribution < 1.29 is 4.79 Å². The summed E-state index contributed by atoms with van der Waals surface area (Å²) in [6, 6.07) is 17.5. The standard InChI is InChI=1S/C25H19Cl2N5OS2/c26-17-10-9-15(11-18(17)27)21-16(12-28)23(29)32(19-7-4-8-20(33)22(19)21)24-30-31-25(35-24)34-13-14-5-2-1-3-6-14/h1-3,5-6,9-11,21H,4,7-8,13,29H2. The molecule has 5 rings (SSSR count). The number of hydrogen-bond acceptors (Lipinski definition) is 8. The first-order valence-electron chi connectivity index (χ1n) is 10.9. The summed E-state index contributed by atoms with van der Waals surface area (Å²) in [5.41, 5.74) is 10.1. The smallest absolute Gasteiger partial charge is 0.219 e. The second-order valence-corrected chi connectivity index (χ2v) is 11.1. The van der Waals surface area contributed by atoms with Crippen LogP contribution in [0.4, 0.5) is 5.13 Å². The number of allylic oxidation sites excluding steroid dienone is 3. The number of carbonyl (C=O) groups excluding carboxylic acids is 1. The number of benzene rings is 2. The number of nitriles is 1. The molecule has 35 heavy (non-hydrogen) atoms. The van der Waals surface area contributed by atoms with Crippen LogP contribution in [0.5, 0.6) is 0 Å². The van der Waals surface area contributed by atoms with Gasteiger partial charge >= 0.3 is 0 Å². The van der Waals surface area contributed by atoms with E-state index in [0.717, 1.165) is 15.8 Å². The molecule has 2 N–H and O–H groups in total. The number of nitrogens with two attached hydrogens (primary N) is 1. The van der Waals surface area contributed by atoms with E-state index < -0.39 is 5.92 Å². The second-order valence-electron chi connectivity index (χ2n) is 8.11. The van der Waals surface area contributed by atoms with Crippen molar-refractivity contribution in [1.29, 1.82) is 5.26 Å². The average Bonchev–Trinajstić information content (AvgIpc) is 3.33.